The molecule has 0 aliphatic carbocycles. The number of rotatable bonds is 6. The molecule has 3 aromatic rings. The zero-order valence-corrected chi connectivity index (χ0v) is 19.6. The molecule has 0 saturated heterocycles. The number of carbonyl (C=O) groups excluding carboxylic acids is 1. The van der Waals surface area contributed by atoms with Gasteiger partial charge in [-0.2, -0.15) is 5.10 Å². The first-order valence-corrected chi connectivity index (χ1v) is 11.1. The summed E-state index contributed by atoms with van der Waals surface area (Å²) in [4.78, 5) is 14.7. The van der Waals surface area contributed by atoms with Crippen molar-refractivity contribution >= 4 is 29.0 Å². The third kappa shape index (κ3) is 4.63. The van der Waals surface area contributed by atoms with E-state index in [4.69, 9.17) is 26.4 Å². The van der Waals surface area contributed by atoms with Crippen molar-refractivity contribution in [1.29, 1.82) is 0 Å². The van der Waals surface area contributed by atoms with Gasteiger partial charge in [-0.3, -0.25) is 0 Å². The van der Waals surface area contributed by atoms with Crippen molar-refractivity contribution in [3.8, 4) is 17.2 Å². The first-order valence-electron chi connectivity index (χ1n) is 10.7. The van der Waals surface area contributed by atoms with E-state index >= 15 is 0 Å². The van der Waals surface area contributed by atoms with Gasteiger partial charge in [0, 0.05) is 25.1 Å². The fraction of sp³-hybridized carbons (Fsp3) is 0.292. The highest BCUT2D eigenvalue weighted by Crippen LogP contribution is 2.29. The Kier molecular flexibility index (Phi) is 6.79. The molecule has 33 heavy (non-hydrogen) atoms. The molecule has 1 N–H and O–H groups in total. The van der Waals surface area contributed by atoms with E-state index in [0.29, 0.717) is 36.1 Å². The summed E-state index contributed by atoms with van der Waals surface area (Å²) in [7, 11) is 3.25. The highest BCUT2D eigenvalue weighted by Gasteiger charge is 2.30. The van der Waals surface area contributed by atoms with Crippen LogP contribution in [0, 0.1) is 0 Å². The van der Waals surface area contributed by atoms with Crippen molar-refractivity contribution in [2.75, 3.05) is 32.7 Å². The molecule has 0 radical (unpaired) electrons. The third-order valence-electron chi connectivity index (χ3n) is 5.48. The van der Waals surface area contributed by atoms with Gasteiger partial charge in [0.15, 0.2) is 10.8 Å². The Morgan fingerprint density at radius 2 is 1.88 bits per heavy atom. The number of fused-ring (bicyclic) bond motifs is 1. The topological polar surface area (TPSA) is 77.8 Å². The summed E-state index contributed by atoms with van der Waals surface area (Å²) in [5.41, 5.74) is 3.74. The molecule has 0 bridgehead atoms. The maximum absolute atomic E-state index is 12.7. The van der Waals surface area contributed by atoms with Crippen LogP contribution in [0.5, 0.6) is 11.5 Å². The van der Waals surface area contributed by atoms with E-state index in [1.54, 1.807) is 21.1 Å². The SMILES string of the molecule is CCOC(=O)c1nn(-c2ccc(OC)cc2)c2c1CN(C(=S)Nc1ccccc1OC)CC2. The molecule has 0 spiro atoms. The van der Waals surface area contributed by atoms with Gasteiger partial charge in [0.25, 0.3) is 0 Å². The maximum atomic E-state index is 12.7. The standard InChI is InChI=1S/C24H26N4O4S/c1-4-32-23(29)22-18-15-27(24(33)25-19-7-5-6-8-21(19)31-3)14-13-20(18)28(26-22)16-9-11-17(30-2)12-10-16/h5-12H,4,13-15H2,1-3H3,(H,25,33). The predicted molar refractivity (Wildman–Crippen MR) is 129 cm³/mol. The molecule has 1 aliphatic rings. The first-order chi connectivity index (χ1) is 16.0. The highest BCUT2D eigenvalue weighted by molar-refractivity contribution is 7.80. The quantitative estimate of drug-likeness (QED) is 0.434. The number of thiocarbonyl (C=S) groups is 1. The fourth-order valence-electron chi connectivity index (χ4n) is 3.83. The van der Waals surface area contributed by atoms with Crippen molar-refractivity contribution in [3.05, 3.63) is 65.5 Å². The van der Waals surface area contributed by atoms with Crippen LogP contribution in [-0.4, -0.2) is 53.1 Å². The van der Waals surface area contributed by atoms with Crippen LogP contribution in [0.15, 0.2) is 48.5 Å². The Morgan fingerprint density at radius 1 is 1.12 bits per heavy atom. The molecule has 0 unspecified atom stereocenters. The summed E-state index contributed by atoms with van der Waals surface area (Å²) in [5.74, 6) is 1.02. The number of methoxy groups -OCH3 is 2. The number of aromatic nitrogens is 2. The van der Waals surface area contributed by atoms with Crippen LogP contribution >= 0.6 is 12.2 Å². The molecule has 2 aromatic carbocycles. The number of esters is 1. The number of benzene rings is 2. The summed E-state index contributed by atoms with van der Waals surface area (Å²) in [6.07, 6.45) is 0.668. The fourth-order valence-corrected chi connectivity index (χ4v) is 4.10. The summed E-state index contributed by atoms with van der Waals surface area (Å²) >= 11 is 5.68. The Labute approximate surface area is 198 Å². The smallest absolute Gasteiger partial charge is 0.359 e. The number of carbonyl (C=O) groups is 1. The van der Waals surface area contributed by atoms with E-state index in [2.05, 4.69) is 10.4 Å². The normalized spacial score (nSPS) is 12.6. The number of para-hydroxylation sites is 2. The number of hydrogen-bond donors (Lipinski definition) is 1. The molecular formula is C24H26N4O4S. The average Bonchev–Trinajstić information content (AvgIpc) is 3.23. The van der Waals surface area contributed by atoms with Crippen molar-refractivity contribution in [2.24, 2.45) is 0 Å². The van der Waals surface area contributed by atoms with Crippen LogP contribution < -0.4 is 14.8 Å². The Balaban J connectivity index is 1.64. The van der Waals surface area contributed by atoms with E-state index in [-0.39, 0.29) is 6.61 Å². The van der Waals surface area contributed by atoms with Crippen LogP contribution in [0.2, 0.25) is 0 Å². The number of anilines is 1. The number of nitrogens with one attached hydrogen (secondary N) is 1. The molecule has 0 fully saturated rings. The molecule has 1 aromatic heterocycles. The zero-order valence-electron chi connectivity index (χ0n) is 18.8. The second kappa shape index (κ2) is 9.91. The lowest BCUT2D eigenvalue weighted by Gasteiger charge is -2.30. The highest BCUT2D eigenvalue weighted by atomic mass is 32.1. The van der Waals surface area contributed by atoms with Gasteiger partial charge >= 0.3 is 5.97 Å². The van der Waals surface area contributed by atoms with E-state index in [1.807, 2.05) is 58.1 Å². The molecule has 0 saturated carbocycles. The minimum Gasteiger partial charge on any atom is -0.497 e. The number of nitrogens with zero attached hydrogens (tertiary/aromatic N) is 3. The second-order valence-corrected chi connectivity index (χ2v) is 7.79. The van der Waals surface area contributed by atoms with Crippen molar-refractivity contribution in [1.82, 2.24) is 14.7 Å². The monoisotopic (exact) mass is 466 g/mol. The van der Waals surface area contributed by atoms with Crippen LogP contribution in [0.1, 0.15) is 28.7 Å². The summed E-state index contributed by atoms with van der Waals surface area (Å²) in [5, 5.41) is 8.45. The van der Waals surface area contributed by atoms with E-state index in [0.717, 1.165) is 28.4 Å². The number of ether oxygens (including phenoxy) is 3. The van der Waals surface area contributed by atoms with Crippen LogP contribution in [0.25, 0.3) is 5.69 Å². The van der Waals surface area contributed by atoms with E-state index < -0.39 is 5.97 Å². The second-order valence-electron chi connectivity index (χ2n) is 7.41. The maximum Gasteiger partial charge on any atom is 0.359 e. The van der Waals surface area contributed by atoms with Gasteiger partial charge in [-0.05, 0) is 55.5 Å². The molecule has 1 aliphatic heterocycles. The lowest BCUT2D eigenvalue weighted by molar-refractivity contribution is 0.0517. The zero-order chi connectivity index (χ0) is 23.4. The predicted octanol–water partition coefficient (Wildman–Crippen LogP) is 3.82. The van der Waals surface area contributed by atoms with Gasteiger partial charge in [0.05, 0.1) is 37.9 Å². The van der Waals surface area contributed by atoms with Crippen molar-refractivity contribution in [2.45, 2.75) is 19.9 Å². The lowest BCUT2D eigenvalue weighted by Crippen LogP contribution is -2.39. The van der Waals surface area contributed by atoms with Crippen LogP contribution in [0.4, 0.5) is 5.69 Å². The van der Waals surface area contributed by atoms with Gasteiger partial charge in [0.2, 0.25) is 0 Å². The molecule has 0 amide bonds. The molecule has 8 nitrogen and oxygen atoms in total. The largest absolute Gasteiger partial charge is 0.497 e. The van der Waals surface area contributed by atoms with Crippen LogP contribution in [-0.2, 0) is 17.7 Å². The Morgan fingerprint density at radius 3 is 2.58 bits per heavy atom. The average molecular weight is 467 g/mol. The van der Waals surface area contributed by atoms with Crippen LogP contribution in [0.3, 0.4) is 0 Å². The summed E-state index contributed by atoms with van der Waals surface area (Å²) in [6.45, 7) is 3.18. The third-order valence-corrected chi connectivity index (χ3v) is 5.84. The Hall–Kier alpha value is -3.59. The van der Waals surface area contributed by atoms with Crippen molar-refractivity contribution in [3.63, 3.8) is 0 Å². The minimum absolute atomic E-state index is 0.278. The number of hydrogen-bond acceptors (Lipinski definition) is 6. The van der Waals surface area contributed by atoms with Gasteiger partial charge in [-0.1, -0.05) is 12.1 Å². The summed E-state index contributed by atoms with van der Waals surface area (Å²) < 4.78 is 17.8. The molecule has 172 valence electrons. The van der Waals surface area contributed by atoms with Gasteiger partial charge < -0.3 is 24.4 Å². The van der Waals surface area contributed by atoms with E-state index in [1.165, 1.54) is 0 Å². The van der Waals surface area contributed by atoms with Crippen molar-refractivity contribution < 1.29 is 19.0 Å². The van der Waals surface area contributed by atoms with Gasteiger partial charge in [0.1, 0.15) is 11.5 Å². The molecular weight excluding hydrogens is 440 g/mol. The van der Waals surface area contributed by atoms with Gasteiger partial charge in [-0.15, -0.1) is 0 Å². The van der Waals surface area contributed by atoms with E-state index in [9.17, 15) is 4.79 Å². The minimum atomic E-state index is -0.438. The lowest BCUT2D eigenvalue weighted by atomic mass is 10.1. The molecule has 2 heterocycles. The Bertz CT molecular complexity index is 1160. The van der Waals surface area contributed by atoms with Gasteiger partial charge in [-0.25, -0.2) is 9.48 Å². The summed E-state index contributed by atoms with van der Waals surface area (Å²) in [6, 6.07) is 15.2. The molecule has 4 rings (SSSR count). The first kappa shape index (κ1) is 22.6. The molecule has 0 atom stereocenters. The molecule has 9 heteroatoms.